The SMILES string of the molecule is C=CC(Cl)c1ccccc1.N. The summed E-state index contributed by atoms with van der Waals surface area (Å²) >= 11 is 5.87. The second kappa shape index (κ2) is 4.94. The Balaban J connectivity index is 0.000001000. The molecule has 0 saturated carbocycles. The van der Waals surface area contributed by atoms with E-state index in [2.05, 4.69) is 6.58 Å². The first kappa shape index (κ1) is 10.2. The zero-order valence-electron chi connectivity index (χ0n) is 6.33. The van der Waals surface area contributed by atoms with E-state index in [1.165, 1.54) is 0 Å². The monoisotopic (exact) mass is 169 g/mol. The van der Waals surface area contributed by atoms with Gasteiger partial charge >= 0.3 is 0 Å². The summed E-state index contributed by atoms with van der Waals surface area (Å²) in [7, 11) is 0. The summed E-state index contributed by atoms with van der Waals surface area (Å²) in [4.78, 5) is 0. The van der Waals surface area contributed by atoms with Gasteiger partial charge in [0.1, 0.15) is 0 Å². The van der Waals surface area contributed by atoms with Crippen molar-refractivity contribution >= 4 is 11.6 Å². The molecular weight excluding hydrogens is 158 g/mol. The van der Waals surface area contributed by atoms with Gasteiger partial charge in [-0.05, 0) is 5.56 Å². The van der Waals surface area contributed by atoms with Crippen molar-refractivity contribution in [2.24, 2.45) is 0 Å². The maximum atomic E-state index is 5.87. The molecule has 0 aliphatic rings. The van der Waals surface area contributed by atoms with Gasteiger partial charge in [-0.1, -0.05) is 36.4 Å². The number of halogens is 1. The minimum atomic E-state index is -0.0544. The highest BCUT2D eigenvalue weighted by Gasteiger charge is 1.98. The Bertz CT molecular complexity index is 208. The molecular formula is C9H12ClN. The standard InChI is InChI=1S/C9H9Cl.H3N/c1-2-9(10)8-6-4-3-5-7-8;/h2-7,9H,1H2;1H3. The maximum Gasteiger partial charge on any atom is 0.0763 e. The third kappa shape index (κ3) is 2.74. The lowest BCUT2D eigenvalue weighted by Crippen LogP contribution is -1.82. The average Bonchev–Trinajstić information content (AvgIpc) is 2.05. The second-order valence-electron chi connectivity index (χ2n) is 2.05. The van der Waals surface area contributed by atoms with Crippen LogP contribution < -0.4 is 6.15 Å². The van der Waals surface area contributed by atoms with Crippen LogP contribution in [-0.2, 0) is 0 Å². The summed E-state index contributed by atoms with van der Waals surface area (Å²) in [5.74, 6) is 0. The van der Waals surface area contributed by atoms with Crippen LogP contribution in [-0.4, -0.2) is 0 Å². The smallest absolute Gasteiger partial charge is 0.0763 e. The minimum Gasteiger partial charge on any atom is -0.344 e. The normalized spacial score (nSPS) is 11.4. The van der Waals surface area contributed by atoms with Crippen LogP contribution in [0.1, 0.15) is 10.9 Å². The molecule has 0 aliphatic carbocycles. The van der Waals surface area contributed by atoms with E-state index in [0.29, 0.717) is 0 Å². The highest BCUT2D eigenvalue weighted by Crippen LogP contribution is 2.19. The van der Waals surface area contributed by atoms with Crippen LogP contribution in [0.4, 0.5) is 0 Å². The maximum absolute atomic E-state index is 5.87. The van der Waals surface area contributed by atoms with E-state index in [0.717, 1.165) is 5.56 Å². The molecule has 1 aromatic rings. The zero-order valence-corrected chi connectivity index (χ0v) is 7.09. The molecule has 0 aromatic heterocycles. The van der Waals surface area contributed by atoms with Crippen LogP contribution >= 0.6 is 11.6 Å². The predicted octanol–water partition coefficient (Wildman–Crippen LogP) is 3.31. The molecule has 1 rings (SSSR count). The lowest BCUT2D eigenvalue weighted by Gasteiger charge is -2.01. The summed E-state index contributed by atoms with van der Waals surface area (Å²) in [6.45, 7) is 3.61. The Labute approximate surface area is 72.3 Å². The van der Waals surface area contributed by atoms with Crippen molar-refractivity contribution in [1.29, 1.82) is 0 Å². The fourth-order valence-corrected chi connectivity index (χ4v) is 0.918. The van der Waals surface area contributed by atoms with Crippen molar-refractivity contribution < 1.29 is 0 Å². The number of alkyl halides is 1. The van der Waals surface area contributed by atoms with Gasteiger partial charge in [0.15, 0.2) is 0 Å². The largest absolute Gasteiger partial charge is 0.344 e. The van der Waals surface area contributed by atoms with Crippen molar-refractivity contribution in [1.82, 2.24) is 6.15 Å². The fraction of sp³-hybridized carbons (Fsp3) is 0.111. The van der Waals surface area contributed by atoms with E-state index >= 15 is 0 Å². The van der Waals surface area contributed by atoms with Crippen molar-refractivity contribution in [3.8, 4) is 0 Å². The molecule has 0 aliphatic heterocycles. The summed E-state index contributed by atoms with van der Waals surface area (Å²) in [5.41, 5.74) is 1.10. The molecule has 0 bridgehead atoms. The fourth-order valence-electron chi connectivity index (χ4n) is 0.773. The van der Waals surface area contributed by atoms with Crippen molar-refractivity contribution in [3.05, 3.63) is 48.6 Å². The van der Waals surface area contributed by atoms with Crippen LogP contribution in [0.25, 0.3) is 0 Å². The predicted molar refractivity (Wildman–Crippen MR) is 50.3 cm³/mol. The summed E-state index contributed by atoms with van der Waals surface area (Å²) in [6, 6.07) is 9.87. The third-order valence-corrected chi connectivity index (χ3v) is 1.76. The quantitative estimate of drug-likeness (QED) is 0.535. The van der Waals surface area contributed by atoms with E-state index in [-0.39, 0.29) is 11.5 Å². The molecule has 1 aromatic carbocycles. The molecule has 0 fully saturated rings. The Morgan fingerprint density at radius 3 is 2.27 bits per heavy atom. The van der Waals surface area contributed by atoms with Crippen molar-refractivity contribution in [3.63, 3.8) is 0 Å². The van der Waals surface area contributed by atoms with E-state index in [4.69, 9.17) is 11.6 Å². The van der Waals surface area contributed by atoms with Gasteiger partial charge in [-0.3, -0.25) is 0 Å². The molecule has 1 atom stereocenters. The molecule has 0 saturated heterocycles. The lowest BCUT2D eigenvalue weighted by atomic mass is 10.1. The van der Waals surface area contributed by atoms with Gasteiger partial charge in [-0.15, -0.1) is 18.2 Å². The molecule has 0 radical (unpaired) electrons. The summed E-state index contributed by atoms with van der Waals surface area (Å²) < 4.78 is 0. The van der Waals surface area contributed by atoms with E-state index in [9.17, 15) is 0 Å². The molecule has 0 heterocycles. The molecule has 3 N–H and O–H groups in total. The molecule has 60 valence electrons. The third-order valence-electron chi connectivity index (χ3n) is 1.32. The van der Waals surface area contributed by atoms with Gasteiger partial charge < -0.3 is 6.15 Å². The van der Waals surface area contributed by atoms with Crippen LogP contribution in [0.2, 0.25) is 0 Å². The molecule has 0 amide bonds. The van der Waals surface area contributed by atoms with Gasteiger partial charge in [0.25, 0.3) is 0 Å². The minimum absolute atomic E-state index is 0. The topological polar surface area (TPSA) is 35.0 Å². The Morgan fingerprint density at radius 1 is 1.27 bits per heavy atom. The average molecular weight is 170 g/mol. The Hall–Kier alpha value is -0.790. The Morgan fingerprint density at radius 2 is 1.82 bits per heavy atom. The van der Waals surface area contributed by atoms with Gasteiger partial charge in [-0.2, -0.15) is 0 Å². The summed E-state index contributed by atoms with van der Waals surface area (Å²) in [6.07, 6.45) is 1.72. The first-order chi connectivity index (χ1) is 4.84. The first-order valence-corrected chi connectivity index (χ1v) is 3.60. The number of rotatable bonds is 2. The van der Waals surface area contributed by atoms with E-state index in [1.807, 2.05) is 30.3 Å². The first-order valence-electron chi connectivity index (χ1n) is 3.16. The van der Waals surface area contributed by atoms with Gasteiger partial charge in [-0.25, -0.2) is 0 Å². The van der Waals surface area contributed by atoms with Crippen LogP contribution in [0, 0.1) is 0 Å². The number of hydrogen-bond donors (Lipinski definition) is 1. The molecule has 0 spiro atoms. The number of benzene rings is 1. The van der Waals surface area contributed by atoms with Crippen molar-refractivity contribution in [2.75, 3.05) is 0 Å². The lowest BCUT2D eigenvalue weighted by molar-refractivity contribution is 1.22. The second-order valence-corrected chi connectivity index (χ2v) is 2.52. The highest BCUT2D eigenvalue weighted by molar-refractivity contribution is 6.21. The number of allylic oxidation sites excluding steroid dienone is 1. The molecule has 2 heteroatoms. The van der Waals surface area contributed by atoms with E-state index in [1.54, 1.807) is 6.08 Å². The number of hydrogen-bond acceptors (Lipinski definition) is 1. The summed E-state index contributed by atoms with van der Waals surface area (Å²) in [5, 5.41) is -0.0544. The molecule has 1 unspecified atom stereocenters. The highest BCUT2D eigenvalue weighted by atomic mass is 35.5. The van der Waals surface area contributed by atoms with Crippen LogP contribution in [0.5, 0.6) is 0 Å². The van der Waals surface area contributed by atoms with Gasteiger partial charge in [0, 0.05) is 0 Å². The van der Waals surface area contributed by atoms with Gasteiger partial charge in [0.05, 0.1) is 5.38 Å². The van der Waals surface area contributed by atoms with E-state index < -0.39 is 0 Å². The van der Waals surface area contributed by atoms with Crippen LogP contribution in [0.15, 0.2) is 43.0 Å². The van der Waals surface area contributed by atoms with Crippen LogP contribution in [0.3, 0.4) is 0 Å². The van der Waals surface area contributed by atoms with Crippen molar-refractivity contribution in [2.45, 2.75) is 5.38 Å². The zero-order chi connectivity index (χ0) is 7.40. The Kier molecular flexibility index (Phi) is 4.59. The van der Waals surface area contributed by atoms with Gasteiger partial charge in [0.2, 0.25) is 0 Å². The molecule has 11 heavy (non-hydrogen) atoms. The molecule has 1 nitrogen and oxygen atoms in total.